The molecule has 1 nitrogen and oxygen atoms in total. The van der Waals surface area contributed by atoms with E-state index in [-0.39, 0.29) is 5.41 Å². The van der Waals surface area contributed by atoms with Crippen LogP contribution < -0.4 is 5.32 Å². The Balaban J connectivity index is 2.11. The molecule has 1 heteroatoms. The highest BCUT2D eigenvalue weighted by Gasteiger charge is 2.21. The number of aryl methyl sites for hydroxylation is 2. The van der Waals surface area contributed by atoms with E-state index >= 15 is 0 Å². The van der Waals surface area contributed by atoms with Crippen LogP contribution in [0.15, 0.2) is 18.2 Å². The van der Waals surface area contributed by atoms with Crippen LogP contribution in [0.1, 0.15) is 56.7 Å². The first-order chi connectivity index (χ1) is 8.63. The minimum Gasteiger partial charge on any atom is -0.317 e. The first kappa shape index (κ1) is 13.6. The molecule has 0 unspecified atom stereocenters. The van der Waals surface area contributed by atoms with Gasteiger partial charge in [-0.1, -0.05) is 39.0 Å². The fraction of sp³-hybridized carbons (Fsp3) is 0.647. The Bertz CT molecular complexity index is 393. The van der Waals surface area contributed by atoms with E-state index < -0.39 is 0 Å². The summed E-state index contributed by atoms with van der Waals surface area (Å²) in [7, 11) is 0. The predicted octanol–water partition coefficient (Wildman–Crippen LogP) is 3.84. The SMILES string of the molecule is CCNCCC(C)(C)c1ccc2c(c1)CCCC2. The number of hydrogen-bond acceptors (Lipinski definition) is 1. The summed E-state index contributed by atoms with van der Waals surface area (Å²) >= 11 is 0. The molecule has 0 amide bonds. The van der Waals surface area contributed by atoms with Gasteiger partial charge < -0.3 is 5.32 Å². The lowest BCUT2D eigenvalue weighted by molar-refractivity contribution is 0.460. The molecule has 100 valence electrons. The highest BCUT2D eigenvalue weighted by molar-refractivity contribution is 5.37. The van der Waals surface area contributed by atoms with Crippen LogP contribution in [0.2, 0.25) is 0 Å². The lowest BCUT2D eigenvalue weighted by atomic mass is 9.78. The summed E-state index contributed by atoms with van der Waals surface area (Å²) in [6, 6.07) is 7.20. The fourth-order valence-electron chi connectivity index (χ4n) is 2.88. The zero-order valence-electron chi connectivity index (χ0n) is 12.2. The molecule has 18 heavy (non-hydrogen) atoms. The van der Waals surface area contributed by atoms with Crippen molar-refractivity contribution in [2.24, 2.45) is 0 Å². The first-order valence-corrected chi connectivity index (χ1v) is 7.46. The minimum absolute atomic E-state index is 0.286. The van der Waals surface area contributed by atoms with Gasteiger partial charge in [0.05, 0.1) is 0 Å². The summed E-state index contributed by atoms with van der Waals surface area (Å²) in [5.41, 5.74) is 5.00. The Morgan fingerprint density at radius 3 is 2.56 bits per heavy atom. The van der Waals surface area contributed by atoms with Crippen molar-refractivity contribution < 1.29 is 0 Å². The molecule has 0 saturated heterocycles. The van der Waals surface area contributed by atoms with E-state index in [9.17, 15) is 0 Å². The third-order valence-corrected chi connectivity index (χ3v) is 4.31. The molecule has 1 N–H and O–H groups in total. The van der Waals surface area contributed by atoms with Crippen LogP contribution in [0, 0.1) is 0 Å². The van der Waals surface area contributed by atoms with E-state index in [1.54, 1.807) is 11.1 Å². The summed E-state index contributed by atoms with van der Waals surface area (Å²) in [5, 5.41) is 3.44. The first-order valence-electron chi connectivity index (χ1n) is 7.46. The molecule has 1 aromatic carbocycles. The molecule has 1 aliphatic carbocycles. The van der Waals surface area contributed by atoms with Gasteiger partial charge in [-0.15, -0.1) is 0 Å². The molecule has 2 rings (SSSR count). The van der Waals surface area contributed by atoms with E-state index in [0.717, 1.165) is 13.1 Å². The maximum absolute atomic E-state index is 3.44. The van der Waals surface area contributed by atoms with Crippen LogP contribution in [0.5, 0.6) is 0 Å². The quantitative estimate of drug-likeness (QED) is 0.777. The summed E-state index contributed by atoms with van der Waals surface area (Å²) in [6.45, 7) is 9.09. The monoisotopic (exact) mass is 245 g/mol. The largest absolute Gasteiger partial charge is 0.317 e. The highest BCUT2D eigenvalue weighted by Crippen LogP contribution is 2.30. The molecule has 0 fully saturated rings. The second kappa shape index (κ2) is 5.88. The van der Waals surface area contributed by atoms with Gasteiger partial charge >= 0.3 is 0 Å². The third-order valence-electron chi connectivity index (χ3n) is 4.31. The molecule has 0 bridgehead atoms. The molecule has 1 aliphatic rings. The van der Waals surface area contributed by atoms with Crippen molar-refractivity contribution >= 4 is 0 Å². The van der Waals surface area contributed by atoms with Crippen LogP contribution >= 0.6 is 0 Å². The van der Waals surface area contributed by atoms with Crippen LogP contribution in [0.3, 0.4) is 0 Å². The molecule has 0 saturated carbocycles. The lowest BCUT2D eigenvalue weighted by Crippen LogP contribution is -2.25. The van der Waals surface area contributed by atoms with E-state index in [0.29, 0.717) is 0 Å². The van der Waals surface area contributed by atoms with E-state index in [1.165, 1.54) is 37.7 Å². The lowest BCUT2D eigenvalue weighted by Gasteiger charge is -2.27. The number of fused-ring (bicyclic) bond motifs is 1. The van der Waals surface area contributed by atoms with Crippen molar-refractivity contribution in [2.75, 3.05) is 13.1 Å². The van der Waals surface area contributed by atoms with Crippen molar-refractivity contribution in [3.63, 3.8) is 0 Å². The van der Waals surface area contributed by atoms with Crippen molar-refractivity contribution in [2.45, 2.75) is 58.3 Å². The molecule has 0 atom stereocenters. The fourth-order valence-corrected chi connectivity index (χ4v) is 2.88. The highest BCUT2D eigenvalue weighted by atomic mass is 14.8. The molecule has 0 spiro atoms. The average Bonchev–Trinajstić information content (AvgIpc) is 2.38. The van der Waals surface area contributed by atoms with Gasteiger partial charge in [0.15, 0.2) is 0 Å². The van der Waals surface area contributed by atoms with E-state index in [1.807, 2.05) is 0 Å². The van der Waals surface area contributed by atoms with Crippen LogP contribution in [-0.4, -0.2) is 13.1 Å². The normalized spacial score (nSPS) is 15.5. The van der Waals surface area contributed by atoms with Crippen molar-refractivity contribution in [1.82, 2.24) is 5.32 Å². The second-order valence-electron chi connectivity index (χ2n) is 6.18. The maximum atomic E-state index is 3.44. The molecule has 0 aromatic heterocycles. The number of hydrogen-bond donors (Lipinski definition) is 1. The van der Waals surface area contributed by atoms with Crippen molar-refractivity contribution in [1.29, 1.82) is 0 Å². The van der Waals surface area contributed by atoms with Crippen molar-refractivity contribution in [3.05, 3.63) is 34.9 Å². The van der Waals surface area contributed by atoms with E-state index in [2.05, 4.69) is 44.3 Å². The smallest absolute Gasteiger partial charge is 0.00407 e. The molecule has 1 aromatic rings. The summed E-state index contributed by atoms with van der Waals surface area (Å²) in [4.78, 5) is 0. The van der Waals surface area contributed by atoms with Crippen LogP contribution in [0.4, 0.5) is 0 Å². The second-order valence-corrected chi connectivity index (χ2v) is 6.18. The van der Waals surface area contributed by atoms with Gasteiger partial charge in [-0.05, 0) is 67.3 Å². The Labute approximate surface area is 112 Å². The topological polar surface area (TPSA) is 12.0 Å². The van der Waals surface area contributed by atoms with Gasteiger partial charge in [0.1, 0.15) is 0 Å². The third kappa shape index (κ3) is 3.14. The maximum Gasteiger partial charge on any atom is -0.00407 e. The zero-order chi connectivity index (χ0) is 13.0. The van der Waals surface area contributed by atoms with Crippen molar-refractivity contribution in [3.8, 4) is 0 Å². The van der Waals surface area contributed by atoms with Gasteiger partial charge in [0, 0.05) is 0 Å². The Hall–Kier alpha value is -0.820. The number of benzene rings is 1. The molecule has 0 radical (unpaired) electrons. The zero-order valence-corrected chi connectivity index (χ0v) is 12.2. The van der Waals surface area contributed by atoms with Crippen LogP contribution in [-0.2, 0) is 18.3 Å². The predicted molar refractivity (Wildman–Crippen MR) is 79.3 cm³/mol. The number of nitrogens with one attached hydrogen (secondary N) is 1. The van der Waals surface area contributed by atoms with Gasteiger partial charge in [0.25, 0.3) is 0 Å². The summed E-state index contributed by atoms with van der Waals surface area (Å²) in [6.07, 6.45) is 6.52. The van der Waals surface area contributed by atoms with Gasteiger partial charge in [-0.2, -0.15) is 0 Å². The summed E-state index contributed by atoms with van der Waals surface area (Å²) in [5.74, 6) is 0. The van der Waals surface area contributed by atoms with Gasteiger partial charge in [0.2, 0.25) is 0 Å². The molecular formula is C17H27N. The van der Waals surface area contributed by atoms with Gasteiger partial charge in [-0.3, -0.25) is 0 Å². The Morgan fingerprint density at radius 2 is 1.83 bits per heavy atom. The molecule has 0 aliphatic heterocycles. The average molecular weight is 245 g/mol. The number of rotatable bonds is 5. The molecule has 0 heterocycles. The van der Waals surface area contributed by atoms with Crippen LogP contribution in [0.25, 0.3) is 0 Å². The molecular weight excluding hydrogens is 218 g/mol. The van der Waals surface area contributed by atoms with Gasteiger partial charge in [-0.25, -0.2) is 0 Å². The summed E-state index contributed by atoms with van der Waals surface area (Å²) < 4.78 is 0. The Kier molecular flexibility index (Phi) is 4.45. The Morgan fingerprint density at radius 1 is 1.11 bits per heavy atom. The standard InChI is InChI=1S/C17H27N/c1-4-18-12-11-17(2,3)16-10-9-14-7-5-6-8-15(14)13-16/h9-10,13,18H,4-8,11-12H2,1-3H3. The minimum atomic E-state index is 0.286. The van der Waals surface area contributed by atoms with E-state index in [4.69, 9.17) is 0 Å².